The number of amides is 1. The van der Waals surface area contributed by atoms with E-state index in [9.17, 15) is 33.9 Å². The summed E-state index contributed by atoms with van der Waals surface area (Å²) in [6, 6.07) is -1.45. The van der Waals surface area contributed by atoms with E-state index in [-0.39, 0.29) is 6.29 Å². The Morgan fingerprint density at radius 1 is 0.923 bits per heavy atom. The van der Waals surface area contributed by atoms with E-state index in [1.807, 2.05) is 0 Å². The molecule has 1 aliphatic rings. The normalized spacial score (nSPS) is 24.1. The SMILES string of the molecule is CC(=O)O[C@H]1[C@H](OC(C)=O)COC(O[C@@H]([C@@H](NC(=O)OC(C)(C)C)[C@@H](C)O)[C@H](C=O)OC(C)=O)[C@@H]1OC(C)=O. The number of rotatable bonds is 11. The first-order valence-corrected chi connectivity index (χ1v) is 12.0. The fourth-order valence-electron chi connectivity index (χ4n) is 3.63. The summed E-state index contributed by atoms with van der Waals surface area (Å²) in [5.41, 5.74) is -0.931. The fraction of sp³-hybridized carbons (Fsp3) is 0.750. The van der Waals surface area contributed by atoms with Crippen molar-refractivity contribution in [2.24, 2.45) is 0 Å². The molecule has 0 saturated carbocycles. The summed E-state index contributed by atoms with van der Waals surface area (Å²) in [6.07, 6.45) is -11.4. The van der Waals surface area contributed by atoms with Crippen LogP contribution in [-0.4, -0.2) is 103 Å². The largest absolute Gasteiger partial charge is 0.456 e. The molecule has 1 unspecified atom stereocenters. The minimum absolute atomic E-state index is 0.201. The van der Waals surface area contributed by atoms with Crippen LogP contribution in [0, 0.1) is 0 Å². The molecule has 0 aliphatic carbocycles. The first-order chi connectivity index (χ1) is 17.9. The van der Waals surface area contributed by atoms with E-state index in [0.29, 0.717) is 0 Å². The van der Waals surface area contributed by atoms with E-state index in [1.54, 1.807) is 20.8 Å². The maximum atomic E-state index is 12.5. The summed E-state index contributed by atoms with van der Waals surface area (Å²) in [7, 11) is 0. The summed E-state index contributed by atoms with van der Waals surface area (Å²) < 4.78 is 37.5. The van der Waals surface area contributed by atoms with Gasteiger partial charge < -0.3 is 43.6 Å². The number of alkyl carbamates (subject to hydrolysis) is 1. The number of carbonyl (C=O) groups is 6. The second kappa shape index (κ2) is 14.7. The summed E-state index contributed by atoms with van der Waals surface area (Å²) in [5, 5.41) is 12.9. The molecule has 1 rings (SSSR count). The molecule has 1 heterocycles. The molecule has 0 radical (unpaired) electrons. The molecule has 2 N–H and O–H groups in total. The van der Waals surface area contributed by atoms with Gasteiger partial charge in [-0.15, -0.1) is 0 Å². The highest BCUT2D eigenvalue weighted by Crippen LogP contribution is 2.28. The van der Waals surface area contributed by atoms with E-state index in [0.717, 1.165) is 27.7 Å². The fourth-order valence-corrected chi connectivity index (χ4v) is 3.63. The van der Waals surface area contributed by atoms with Crippen molar-refractivity contribution in [1.82, 2.24) is 5.32 Å². The van der Waals surface area contributed by atoms with Gasteiger partial charge in [0.1, 0.15) is 11.7 Å². The second-order valence-electron chi connectivity index (χ2n) is 9.72. The standard InChI is InChI=1S/C24H37NO14/c1-11(27)18(25-23(32)39-24(6,7)8)19(16(9-26)34-12(2)28)38-22-21(37-15(5)31)20(36-14(4)30)17(10-33-22)35-13(3)29/h9,11,16-22,27H,10H2,1-8H3,(H,25,32)/t11-,16+,17-,18+,19-,20+,21-,22?/m1/s1. The minimum atomic E-state index is -1.71. The summed E-state index contributed by atoms with van der Waals surface area (Å²) in [5.74, 6) is -3.31. The van der Waals surface area contributed by atoms with Gasteiger partial charge in [0, 0.05) is 27.7 Å². The van der Waals surface area contributed by atoms with Crippen LogP contribution >= 0.6 is 0 Å². The summed E-state index contributed by atoms with van der Waals surface area (Å²) in [6.45, 7) is 9.88. The molecule has 222 valence electrons. The average molecular weight is 564 g/mol. The number of esters is 4. The Balaban J connectivity index is 3.51. The smallest absolute Gasteiger partial charge is 0.408 e. The number of aldehydes is 1. The molecule has 15 heteroatoms. The molecular formula is C24H37NO14. The number of aliphatic hydroxyl groups is 1. The lowest BCUT2D eigenvalue weighted by molar-refractivity contribution is -0.299. The molecule has 39 heavy (non-hydrogen) atoms. The van der Waals surface area contributed by atoms with Crippen molar-refractivity contribution in [3.63, 3.8) is 0 Å². The van der Waals surface area contributed by atoms with Gasteiger partial charge in [0.2, 0.25) is 0 Å². The third kappa shape index (κ3) is 11.5. The molecule has 15 nitrogen and oxygen atoms in total. The molecule has 0 bridgehead atoms. The maximum Gasteiger partial charge on any atom is 0.408 e. The lowest BCUT2D eigenvalue weighted by Gasteiger charge is -2.43. The second-order valence-corrected chi connectivity index (χ2v) is 9.72. The van der Waals surface area contributed by atoms with Crippen LogP contribution in [0.2, 0.25) is 0 Å². The van der Waals surface area contributed by atoms with Crippen molar-refractivity contribution in [2.75, 3.05) is 6.61 Å². The van der Waals surface area contributed by atoms with Crippen molar-refractivity contribution in [1.29, 1.82) is 0 Å². The molecule has 0 spiro atoms. The minimum Gasteiger partial charge on any atom is -0.456 e. The van der Waals surface area contributed by atoms with Crippen LogP contribution in [0.4, 0.5) is 4.79 Å². The number of carbonyl (C=O) groups excluding carboxylic acids is 6. The van der Waals surface area contributed by atoms with Crippen LogP contribution in [0.5, 0.6) is 0 Å². The van der Waals surface area contributed by atoms with E-state index in [1.165, 1.54) is 6.92 Å². The number of aliphatic hydroxyl groups excluding tert-OH is 1. The van der Waals surface area contributed by atoms with Gasteiger partial charge in [-0.05, 0) is 27.7 Å². The molecule has 0 aromatic heterocycles. The monoisotopic (exact) mass is 563 g/mol. The Bertz CT molecular complexity index is 898. The van der Waals surface area contributed by atoms with Gasteiger partial charge in [-0.25, -0.2) is 4.79 Å². The van der Waals surface area contributed by atoms with Crippen molar-refractivity contribution in [3.05, 3.63) is 0 Å². The molecule has 1 fully saturated rings. The van der Waals surface area contributed by atoms with E-state index < -0.39 is 91.1 Å². The Morgan fingerprint density at radius 2 is 1.46 bits per heavy atom. The highest BCUT2D eigenvalue weighted by Gasteiger charge is 2.50. The van der Waals surface area contributed by atoms with Gasteiger partial charge in [0.25, 0.3) is 0 Å². The number of hydrogen-bond acceptors (Lipinski definition) is 14. The van der Waals surface area contributed by atoms with Gasteiger partial charge in [0.05, 0.1) is 18.8 Å². The zero-order valence-electron chi connectivity index (χ0n) is 23.2. The molecule has 1 aliphatic heterocycles. The van der Waals surface area contributed by atoms with Gasteiger partial charge in [0.15, 0.2) is 37.0 Å². The Morgan fingerprint density at radius 3 is 1.90 bits per heavy atom. The zero-order chi connectivity index (χ0) is 30.1. The molecule has 1 saturated heterocycles. The van der Waals surface area contributed by atoms with Gasteiger partial charge >= 0.3 is 30.0 Å². The van der Waals surface area contributed by atoms with Crippen LogP contribution in [-0.2, 0) is 57.1 Å². The van der Waals surface area contributed by atoms with Crippen LogP contribution in [0.3, 0.4) is 0 Å². The highest BCUT2D eigenvalue weighted by molar-refractivity contribution is 5.71. The third-order valence-corrected chi connectivity index (χ3v) is 4.91. The third-order valence-electron chi connectivity index (χ3n) is 4.91. The maximum absolute atomic E-state index is 12.5. The van der Waals surface area contributed by atoms with Crippen molar-refractivity contribution in [2.45, 2.75) is 110 Å². The number of nitrogens with one attached hydrogen (secondary N) is 1. The first kappa shape index (κ1) is 33.7. The summed E-state index contributed by atoms with van der Waals surface area (Å²) in [4.78, 5) is 71.6. The Labute approximate surface area is 225 Å². The van der Waals surface area contributed by atoms with Crippen molar-refractivity contribution >= 4 is 36.3 Å². The predicted octanol–water partition coefficient (Wildman–Crippen LogP) is -0.0723. The molecule has 8 atom stereocenters. The van der Waals surface area contributed by atoms with Gasteiger partial charge in [-0.2, -0.15) is 0 Å². The number of hydrogen-bond donors (Lipinski definition) is 2. The molecule has 1 amide bonds. The topological polar surface area (TPSA) is 199 Å². The van der Waals surface area contributed by atoms with E-state index in [2.05, 4.69) is 5.32 Å². The molecule has 0 aromatic rings. The quantitative estimate of drug-likeness (QED) is 0.192. The lowest BCUT2D eigenvalue weighted by Crippen LogP contribution is -2.62. The van der Waals surface area contributed by atoms with Crippen LogP contribution < -0.4 is 5.32 Å². The Kier molecular flexibility index (Phi) is 12.8. The number of ether oxygens (including phenoxy) is 7. The highest BCUT2D eigenvalue weighted by atomic mass is 16.7. The van der Waals surface area contributed by atoms with Crippen LogP contribution in [0.1, 0.15) is 55.4 Å². The Hall–Kier alpha value is -3.30. The van der Waals surface area contributed by atoms with Crippen molar-refractivity contribution < 1.29 is 67.0 Å². The van der Waals surface area contributed by atoms with Crippen LogP contribution in [0.25, 0.3) is 0 Å². The predicted molar refractivity (Wildman–Crippen MR) is 128 cm³/mol. The van der Waals surface area contributed by atoms with Gasteiger partial charge in [-0.3, -0.25) is 24.0 Å². The van der Waals surface area contributed by atoms with Crippen molar-refractivity contribution in [3.8, 4) is 0 Å². The van der Waals surface area contributed by atoms with E-state index >= 15 is 0 Å². The van der Waals surface area contributed by atoms with Crippen LogP contribution in [0.15, 0.2) is 0 Å². The summed E-state index contributed by atoms with van der Waals surface area (Å²) >= 11 is 0. The zero-order valence-corrected chi connectivity index (χ0v) is 23.2. The average Bonchev–Trinajstić information content (AvgIpc) is 2.75. The molecular weight excluding hydrogens is 526 g/mol. The molecule has 0 aromatic carbocycles. The van der Waals surface area contributed by atoms with Gasteiger partial charge in [-0.1, -0.05) is 0 Å². The first-order valence-electron chi connectivity index (χ1n) is 12.0. The lowest BCUT2D eigenvalue weighted by atomic mass is 9.99. The van der Waals surface area contributed by atoms with E-state index in [4.69, 9.17) is 33.2 Å².